The van der Waals surface area contributed by atoms with E-state index in [1.54, 1.807) is 0 Å². The molecule has 0 bridgehead atoms. The Labute approximate surface area is 119 Å². The van der Waals surface area contributed by atoms with E-state index in [4.69, 9.17) is 0 Å². The van der Waals surface area contributed by atoms with Crippen LogP contribution in [0.5, 0.6) is 0 Å². The van der Waals surface area contributed by atoms with Crippen LogP contribution in [0.1, 0.15) is 37.1 Å². The Hall–Kier alpha value is -1.27. The van der Waals surface area contributed by atoms with Crippen molar-refractivity contribution in [1.29, 1.82) is 0 Å². The molecule has 0 spiro atoms. The highest BCUT2D eigenvalue weighted by Gasteiger charge is 2.42. The van der Waals surface area contributed by atoms with Crippen molar-refractivity contribution in [2.75, 3.05) is 25.0 Å². The molecule has 20 heavy (non-hydrogen) atoms. The van der Waals surface area contributed by atoms with Gasteiger partial charge in [0, 0.05) is 19.1 Å². The molecule has 2 fully saturated rings. The van der Waals surface area contributed by atoms with Crippen molar-refractivity contribution in [2.45, 2.75) is 51.2 Å². The van der Waals surface area contributed by atoms with Gasteiger partial charge in [0.15, 0.2) is 0 Å². The van der Waals surface area contributed by atoms with Gasteiger partial charge in [-0.3, -0.25) is 4.90 Å². The fraction of sp³-hybridized carbons (Fsp3) is 0.786. The summed E-state index contributed by atoms with van der Waals surface area (Å²) >= 11 is 0. The van der Waals surface area contributed by atoms with Crippen molar-refractivity contribution in [3.8, 4) is 0 Å². The third kappa shape index (κ3) is 3.24. The molecule has 1 aromatic heterocycles. The largest absolute Gasteiger partial charge is 0.389 e. The van der Waals surface area contributed by atoms with Gasteiger partial charge in [0.1, 0.15) is 0 Å². The molecule has 1 aliphatic heterocycles. The fourth-order valence-electron chi connectivity index (χ4n) is 2.74. The summed E-state index contributed by atoms with van der Waals surface area (Å²) in [4.78, 5) is 6.78. The van der Waals surface area contributed by atoms with Crippen molar-refractivity contribution < 1.29 is 5.11 Å². The van der Waals surface area contributed by atoms with Crippen LogP contribution in [-0.4, -0.2) is 56.5 Å². The maximum Gasteiger partial charge on any atom is 0.243 e. The van der Waals surface area contributed by atoms with Crippen LogP contribution < -0.4 is 5.32 Å². The topological polar surface area (TPSA) is 74.2 Å². The third-order valence-corrected chi connectivity index (χ3v) is 4.28. The van der Waals surface area contributed by atoms with E-state index in [0.29, 0.717) is 12.0 Å². The molecule has 2 N–H and O–H groups in total. The molecule has 1 atom stereocenters. The Kier molecular flexibility index (Phi) is 3.60. The lowest BCUT2D eigenvalue weighted by Gasteiger charge is -2.34. The van der Waals surface area contributed by atoms with Crippen LogP contribution in [0.3, 0.4) is 0 Å². The molecule has 1 saturated heterocycles. The number of nitrogens with zero attached hydrogens (tertiary/aromatic N) is 4. The number of aliphatic hydroxyl groups is 1. The predicted molar refractivity (Wildman–Crippen MR) is 76.6 cm³/mol. The van der Waals surface area contributed by atoms with Crippen LogP contribution in [0.2, 0.25) is 0 Å². The third-order valence-electron chi connectivity index (χ3n) is 4.28. The normalized spacial score (nSPS) is 25.4. The minimum Gasteiger partial charge on any atom is -0.389 e. The summed E-state index contributed by atoms with van der Waals surface area (Å²) in [5, 5.41) is 21.6. The zero-order chi connectivity index (χ0) is 14.2. The molecule has 0 aromatic carbocycles. The lowest BCUT2D eigenvalue weighted by molar-refractivity contribution is 0.0794. The fourth-order valence-corrected chi connectivity index (χ4v) is 2.74. The van der Waals surface area contributed by atoms with E-state index < -0.39 is 5.60 Å². The average molecular weight is 277 g/mol. The molecule has 0 unspecified atom stereocenters. The Morgan fingerprint density at radius 1 is 1.30 bits per heavy atom. The van der Waals surface area contributed by atoms with Crippen LogP contribution in [0.4, 0.5) is 5.95 Å². The summed E-state index contributed by atoms with van der Waals surface area (Å²) < 4.78 is 0. The zero-order valence-corrected chi connectivity index (χ0v) is 12.3. The smallest absolute Gasteiger partial charge is 0.243 e. The van der Waals surface area contributed by atoms with E-state index in [0.717, 1.165) is 56.7 Å². The van der Waals surface area contributed by atoms with Crippen molar-refractivity contribution in [2.24, 2.45) is 0 Å². The van der Waals surface area contributed by atoms with E-state index >= 15 is 0 Å². The van der Waals surface area contributed by atoms with Gasteiger partial charge in [-0.25, -0.2) is 4.98 Å². The van der Waals surface area contributed by atoms with E-state index in [2.05, 4.69) is 25.4 Å². The number of piperidine rings is 1. The van der Waals surface area contributed by atoms with E-state index in [9.17, 15) is 5.11 Å². The SMILES string of the molecule is Cc1nnc(N[C@@H]2CCCN(CC3(O)CC3)C2)nc1C. The van der Waals surface area contributed by atoms with Gasteiger partial charge in [0.25, 0.3) is 0 Å². The van der Waals surface area contributed by atoms with Crippen molar-refractivity contribution in [1.82, 2.24) is 20.1 Å². The number of rotatable bonds is 4. The highest BCUT2D eigenvalue weighted by Crippen LogP contribution is 2.36. The molecular formula is C14H23N5O. The number of hydrogen-bond donors (Lipinski definition) is 2. The number of nitrogens with one attached hydrogen (secondary N) is 1. The second-order valence-electron chi connectivity index (χ2n) is 6.25. The van der Waals surface area contributed by atoms with Gasteiger partial charge in [-0.2, -0.15) is 5.10 Å². The molecule has 2 heterocycles. The molecular weight excluding hydrogens is 254 g/mol. The first-order valence-corrected chi connectivity index (χ1v) is 7.43. The zero-order valence-electron chi connectivity index (χ0n) is 12.3. The van der Waals surface area contributed by atoms with E-state index in [1.807, 2.05) is 13.8 Å². The molecule has 1 aromatic rings. The highest BCUT2D eigenvalue weighted by atomic mass is 16.3. The Morgan fingerprint density at radius 2 is 2.10 bits per heavy atom. The standard InChI is InChI=1S/C14H23N5O/c1-10-11(2)17-18-13(15-10)16-12-4-3-7-19(8-12)9-14(20)5-6-14/h12,20H,3-9H2,1-2H3,(H,15,16,18)/t12-/m1/s1. The molecule has 0 amide bonds. The average Bonchev–Trinajstić information content (AvgIpc) is 3.12. The van der Waals surface area contributed by atoms with Crippen LogP contribution in [0.25, 0.3) is 0 Å². The first-order valence-electron chi connectivity index (χ1n) is 7.43. The number of aryl methyl sites for hydroxylation is 2. The Morgan fingerprint density at radius 3 is 2.80 bits per heavy atom. The minimum absolute atomic E-state index is 0.343. The lowest BCUT2D eigenvalue weighted by atomic mass is 10.1. The number of aromatic nitrogens is 3. The first kappa shape index (κ1) is 13.7. The molecule has 6 heteroatoms. The van der Waals surface area contributed by atoms with Gasteiger partial charge in [0.2, 0.25) is 5.95 Å². The number of β-amino-alcohol motifs (C(OH)–C–C–N with tert-alkyl or cyclic N) is 1. The van der Waals surface area contributed by atoms with Gasteiger partial charge >= 0.3 is 0 Å². The number of hydrogen-bond acceptors (Lipinski definition) is 6. The molecule has 1 aliphatic carbocycles. The summed E-state index contributed by atoms with van der Waals surface area (Å²) in [5.74, 6) is 0.616. The molecule has 3 rings (SSSR count). The molecule has 6 nitrogen and oxygen atoms in total. The minimum atomic E-state index is -0.402. The van der Waals surface area contributed by atoms with Gasteiger partial charge in [-0.1, -0.05) is 0 Å². The second-order valence-corrected chi connectivity index (χ2v) is 6.25. The molecule has 110 valence electrons. The van der Waals surface area contributed by atoms with Gasteiger partial charge in [-0.15, -0.1) is 5.10 Å². The maximum absolute atomic E-state index is 10.0. The van der Waals surface area contributed by atoms with Gasteiger partial charge in [0.05, 0.1) is 17.0 Å². The Bertz CT molecular complexity index is 488. The summed E-state index contributed by atoms with van der Waals surface area (Å²) in [7, 11) is 0. The summed E-state index contributed by atoms with van der Waals surface area (Å²) in [6.45, 7) is 6.69. The van der Waals surface area contributed by atoms with Crippen molar-refractivity contribution in [3.05, 3.63) is 11.4 Å². The molecule has 2 aliphatic rings. The van der Waals surface area contributed by atoms with Crippen molar-refractivity contribution in [3.63, 3.8) is 0 Å². The Balaban J connectivity index is 1.57. The van der Waals surface area contributed by atoms with Crippen LogP contribution in [0, 0.1) is 13.8 Å². The summed E-state index contributed by atoms with van der Waals surface area (Å²) in [6, 6.07) is 0.343. The van der Waals surface area contributed by atoms with Crippen LogP contribution in [-0.2, 0) is 0 Å². The maximum atomic E-state index is 10.0. The van der Waals surface area contributed by atoms with E-state index in [1.165, 1.54) is 0 Å². The van der Waals surface area contributed by atoms with Gasteiger partial charge < -0.3 is 10.4 Å². The summed E-state index contributed by atoms with van der Waals surface area (Å²) in [6.07, 6.45) is 4.16. The van der Waals surface area contributed by atoms with Gasteiger partial charge in [-0.05, 0) is 46.1 Å². The predicted octanol–water partition coefficient (Wildman–Crippen LogP) is 0.890. The summed E-state index contributed by atoms with van der Waals surface area (Å²) in [5.41, 5.74) is 1.39. The van der Waals surface area contributed by atoms with E-state index in [-0.39, 0.29) is 0 Å². The monoisotopic (exact) mass is 277 g/mol. The second kappa shape index (κ2) is 5.26. The lowest BCUT2D eigenvalue weighted by Crippen LogP contribution is -2.45. The first-order chi connectivity index (χ1) is 9.54. The van der Waals surface area contributed by atoms with Crippen molar-refractivity contribution >= 4 is 5.95 Å². The quantitative estimate of drug-likeness (QED) is 0.851. The van der Waals surface area contributed by atoms with Crippen LogP contribution in [0.15, 0.2) is 0 Å². The number of likely N-dealkylation sites (tertiary alicyclic amines) is 1. The highest BCUT2D eigenvalue weighted by molar-refractivity contribution is 5.26. The molecule has 0 radical (unpaired) electrons. The number of anilines is 1. The molecule has 1 saturated carbocycles. The van der Waals surface area contributed by atoms with Crippen LogP contribution >= 0.6 is 0 Å².